The van der Waals surface area contributed by atoms with Crippen LogP contribution >= 0.6 is 0 Å². The maximum atomic E-state index is 10.5. The van der Waals surface area contributed by atoms with Crippen molar-refractivity contribution in [2.75, 3.05) is 0 Å². The molecule has 0 amide bonds. The van der Waals surface area contributed by atoms with Gasteiger partial charge >= 0.3 is 0 Å². The van der Waals surface area contributed by atoms with Crippen LogP contribution in [0, 0.1) is 20.8 Å². The summed E-state index contributed by atoms with van der Waals surface area (Å²) in [5, 5.41) is 14.5. The molecule has 0 aliphatic heterocycles. The fourth-order valence-corrected chi connectivity index (χ4v) is 5.20. The van der Waals surface area contributed by atoms with E-state index in [1.54, 1.807) is 0 Å². The number of ether oxygens (including phenoxy) is 2. The normalized spacial score (nSPS) is 11.5. The van der Waals surface area contributed by atoms with Gasteiger partial charge in [0.05, 0.1) is 10.9 Å². The molecule has 0 atom stereocenters. The van der Waals surface area contributed by atoms with E-state index in [1.165, 1.54) is 16.5 Å². The molecule has 0 aliphatic carbocycles. The molecule has 4 heteroatoms. The Morgan fingerprint density at radius 1 is 0.649 bits per heavy atom. The summed E-state index contributed by atoms with van der Waals surface area (Å²) in [5.41, 5.74) is 5.36. The van der Waals surface area contributed by atoms with E-state index >= 15 is 0 Å². The molecule has 0 saturated carbocycles. The molecular weight excluding hydrogens is 458 g/mol. The predicted octanol–water partition coefficient (Wildman–Crippen LogP) is 9.18. The second kappa shape index (κ2) is 8.90. The van der Waals surface area contributed by atoms with Crippen LogP contribution in [0.25, 0.3) is 32.6 Å². The molecule has 6 aromatic rings. The van der Waals surface area contributed by atoms with Crippen molar-refractivity contribution in [1.29, 1.82) is 0 Å². The summed E-state index contributed by atoms with van der Waals surface area (Å²) in [6.45, 7) is 9.08. The second-order valence-corrected chi connectivity index (χ2v) is 9.63. The van der Waals surface area contributed by atoms with Gasteiger partial charge in [0.15, 0.2) is 0 Å². The molecular formula is C33H29NO3. The van der Waals surface area contributed by atoms with Gasteiger partial charge in [-0.25, -0.2) is 0 Å². The Morgan fingerprint density at radius 2 is 1.46 bits per heavy atom. The van der Waals surface area contributed by atoms with Gasteiger partial charge in [0, 0.05) is 34.3 Å². The zero-order valence-electron chi connectivity index (χ0n) is 21.5. The van der Waals surface area contributed by atoms with Crippen LogP contribution in [-0.2, 0) is 6.54 Å². The third-order valence-electron chi connectivity index (χ3n) is 7.10. The number of hydrogen-bond acceptors (Lipinski definition) is 3. The minimum absolute atomic E-state index is 0.284. The lowest BCUT2D eigenvalue weighted by Gasteiger charge is -2.15. The van der Waals surface area contributed by atoms with Crippen molar-refractivity contribution >= 4 is 32.6 Å². The fourth-order valence-electron chi connectivity index (χ4n) is 5.20. The lowest BCUT2D eigenvalue weighted by Crippen LogP contribution is -1.93. The number of hydrogen-bond donors (Lipinski definition) is 1. The highest BCUT2D eigenvalue weighted by molar-refractivity contribution is 6.11. The minimum Gasteiger partial charge on any atom is -0.507 e. The summed E-state index contributed by atoms with van der Waals surface area (Å²) in [7, 11) is 0. The van der Waals surface area contributed by atoms with E-state index in [1.807, 2.05) is 74.5 Å². The minimum atomic E-state index is 0.284. The highest BCUT2D eigenvalue weighted by Gasteiger charge is 2.16. The number of aryl methyl sites for hydroxylation is 4. The maximum absolute atomic E-state index is 10.5. The summed E-state index contributed by atoms with van der Waals surface area (Å²) in [6.07, 6.45) is 0. The SMILES string of the molecule is CCn1c2ccc(C)cc2c2c(Oc3ccc(C)c(Oc4cc(C)c(O)c5ccccc45)c3)cccc21. The Balaban J connectivity index is 1.43. The van der Waals surface area contributed by atoms with E-state index in [-0.39, 0.29) is 5.75 Å². The van der Waals surface area contributed by atoms with E-state index in [4.69, 9.17) is 9.47 Å². The summed E-state index contributed by atoms with van der Waals surface area (Å²) in [4.78, 5) is 0. The number of phenolic OH excluding ortho intramolecular Hbond substituents is 1. The Bertz CT molecular complexity index is 1810. The molecule has 37 heavy (non-hydrogen) atoms. The van der Waals surface area contributed by atoms with Crippen LogP contribution in [0.4, 0.5) is 0 Å². The molecule has 0 fully saturated rings. The highest BCUT2D eigenvalue weighted by atomic mass is 16.5. The molecule has 0 radical (unpaired) electrons. The number of aromatic hydroxyl groups is 1. The number of aromatic nitrogens is 1. The average molecular weight is 488 g/mol. The van der Waals surface area contributed by atoms with E-state index in [0.717, 1.165) is 45.1 Å². The second-order valence-electron chi connectivity index (χ2n) is 9.63. The number of fused-ring (bicyclic) bond motifs is 4. The molecule has 0 spiro atoms. The van der Waals surface area contributed by atoms with Gasteiger partial charge in [-0.05, 0) is 75.2 Å². The highest BCUT2D eigenvalue weighted by Crippen LogP contribution is 2.41. The average Bonchev–Trinajstić information content (AvgIpc) is 3.22. The molecule has 1 aromatic heterocycles. The van der Waals surface area contributed by atoms with Crippen LogP contribution in [0.2, 0.25) is 0 Å². The summed E-state index contributed by atoms with van der Waals surface area (Å²) >= 11 is 0. The van der Waals surface area contributed by atoms with Crippen molar-refractivity contribution in [2.24, 2.45) is 0 Å². The van der Waals surface area contributed by atoms with Gasteiger partial charge in [-0.2, -0.15) is 0 Å². The molecule has 1 N–H and O–H groups in total. The van der Waals surface area contributed by atoms with E-state index in [2.05, 4.69) is 42.7 Å². The Morgan fingerprint density at radius 3 is 2.27 bits per heavy atom. The zero-order valence-corrected chi connectivity index (χ0v) is 21.5. The van der Waals surface area contributed by atoms with Crippen molar-refractivity contribution < 1.29 is 14.6 Å². The largest absolute Gasteiger partial charge is 0.507 e. The number of rotatable bonds is 5. The molecule has 1 heterocycles. The van der Waals surface area contributed by atoms with Crippen LogP contribution in [0.5, 0.6) is 28.7 Å². The van der Waals surface area contributed by atoms with Crippen molar-refractivity contribution in [3.63, 3.8) is 0 Å². The van der Waals surface area contributed by atoms with E-state index in [9.17, 15) is 5.11 Å². The van der Waals surface area contributed by atoms with Crippen LogP contribution < -0.4 is 9.47 Å². The van der Waals surface area contributed by atoms with Crippen LogP contribution in [0.15, 0.2) is 84.9 Å². The standard InChI is InChI=1S/C33H29NO3/c1-5-34-27-16-13-20(2)17-26(27)32-28(34)11-8-12-29(32)36-23-15-14-21(3)30(19-23)37-31-18-22(4)33(35)25-10-7-6-9-24(25)31/h6-19,35H,5H2,1-4H3. The van der Waals surface area contributed by atoms with Crippen molar-refractivity contribution in [3.05, 3.63) is 102 Å². The number of nitrogens with zero attached hydrogens (tertiary/aromatic N) is 1. The summed E-state index contributed by atoms with van der Waals surface area (Å²) < 4.78 is 15.3. The van der Waals surface area contributed by atoms with Gasteiger partial charge in [-0.15, -0.1) is 0 Å². The molecule has 0 saturated heterocycles. The smallest absolute Gasteiger partial charge is 0.137 e. The summed E-state index contributed by atoms with van der Waals surface area (Å²) in [6, 6.07) is 28.4. The van der Waals surface area contributed by atoms with Gasteiger partial charge in [0.25, 0.3) is 0 Å². The lowest BCUT2D eigenvalue weighted by molar-refractivity contribution is 0.458. The number of phenols is 1. The molecule has 184 valence electrons. The predicted molar refractivity (Wildman–Crippen MR) is 152 cm³/mol. The zero-order chi connectivity index (χ0) is 25.7. The van der Waals surface area contributed by atoms with Gasteiger partial charge in [0.2, 0.25) is 0 Å². The topological polar surface area (TPSA) is 43.6 Å². The Hall–Kier alpha value is -4.44. The van der Waals surface area contributed by atoms with Gasteiger partial charge in [0.1, 0.15) is 28.7 Å². The van der Waals surface area contributed by atoms with Crippen molar-refractivity contribution in [3.8, 4) is 28.7 Å². The fraction of sp³-hybridized carbons (Fsp3) is 0.152. The Labute approximate surface area is 216 Å². The quantitative estimate of drug-likeness (QED) is 0.264. The summed E-state index contributed by atoms with van der Waals surface area (Å²) in [5.74, 6) is 3.23. The van der Waals surface area contributed by atoms with E-state index < -0.39 is 0 Å². The first-order valence-electron chi connectivity index (χ1n) is 12.6. The molecule has 0 unspecified atom stereocenters. The third-order valence-corrected chi connectivity index (χ3v) is 7.10. The van der Waals surface area contributed by atoms with Crippen LogP contribution in [-0.4, -0.2) is 9.67 Å². The Kier molecular flexibility index (Phi) is 5.53. The van der Waals surface area contributed by atoms with Crippen molar-refractivity contribution in [2.45, 2.75) is 34.2 Å². The van der Waals surface area contributed by atoms with Gasteiger partial charge < -0.3 is 19.1 Å². The first-order chi connectivity index (χ1) is 17.9. The molecule has 5 aromatic carbocycles. The van der Waals surface area contributed by atoms with E-state index in [0.29, 0.717) is 17.2 Å². The number of benzene rings is 5. The molecule has 4 nitrogen and oxygen atoms in total. The maximum Gasteiger partial charge on any atom is 0.137 e. The van der Waals surface area contributed by atoms with Crippen LogP contribution in [0.1, 0.15) is 23.6 Å². The van der Waals surface area contributed by atoms with Crippen molar-refractivity contribution in [1.82, 2.24) is 4.57 Å². The molecule has 6 rings (SSSR count). The first kappa shape index (κ1) is 23.0. The van der Waals surface area contributed by atoms with Gasteiger partial charge in [-0.3, -0.25) is 0 Å². The molecule has 0 aliphatic rings. The third kappa shape index (κ3) is 3.86. The van der Waals surface area contributed by atoms with Gasteiger partial charge in [-0.1, -0.05) is 48.0 Å². The lowest BCUT2D eigenvalue weighted by atomic mass is 10.0. The monoisotopic (exact) mass is 487 g/mol. The molecule has 0 bridgehead atoms. The first-order valence-corrected chi connectivity index (χ1v) is 12.6. The van der Waals surface area contributed by atoms with Crippen LogP contribution in [0.3, 0.4) is 0 Å².